The van der Waals surface area contributed by atoms with Gasteiger partial charge in [0.25, 0.3) is 5.69 Å². The quantitative estimate of drug-likeness (QED) is 0.421. The molecule has 0 aliphatic rings. The normalized spacial score (nSPS) is 10.4. The molecule has 2 amide bonds. The number of aryl methyl sites for hydroxylation is 1. The second kappa shape index (κ2) is 8.92. The van der Waals surface area contributed by atoms with Crippen molar-refractivity contribution < 1.29 is 9.72 Å². The van der Waals surface area contributed by atoms with Gasteiger partial charge in [-0.1, -0.05) is 37.5 Å². The van der Waals surface area contributed by atoms with Gasteiger partial charge in [0.2, 0.25) is 5.13 Å². The summed E-state index contributed by atoms with van der Waals surface area (Å²) in [7, 11) is 0. The average Bonchev–Trinajstić information content (AvgIpc) is 2.99. The van der Waals surface area contributed by atoms with E-state index in [1.807, 2.05) is 0 Å². The fourth-order valence-electron chi connectivity index (χ4n) is 2.03. The monoisotopic (exact) mass is 349 g/mol. The Morgan fingerprint density at radius 1 is 1.17 bits per heavy atom. The molecule has 8 nitrogen and oxygen atoms in total. The Morgan fingerprint density at radius 2 is 1.92 bits per heavy atom. The van der Waals surface area contributed by atoms with E-state index in [4.69, 9.17) is 0 Å². The van der Waals surface area contributed by atoms with Crippen molar-refractivity contribution in [2.24, 2.45) is 0 Å². The lowest BCUT2D eigenvalue weighted by atomic mass is 10.2. The maximum absolute atomic E-state index is 11.9. The number of non-ortho nitro benzene ring substituents is 1. The van der Waals surface area contributed by atoms with Crippen molar-refractivity contribution in [3.8, 4) is 0 Å². The largest absolute Gasteiger partial charge is 0.325 e. The number of amides is 2. The predicted molar refractivity (Wildman–Crippen MR) is 93.5 cm³/mol. The molecule has 0 unspecified atom stereocenters. The summed E-state index contributed by atoms with van der Waals surface area (Å²) in [6, 6.07) is 5.13. The van der Waals surface area contributed by atoms with Gasteiger partial charge in [0.1, 0.15) is 5.01 Å². The lowest BCUT2D eigenvalue weighted by molar-refractivity contribution is -0.384. The second-order valence-electron chi connectivity index (χ2n) is 5.19. The van der Waals surface area contributed by atoms with Crippen molar-refractivity contribution in [2.75, 3.05) is 10.6 Å². The number of nitro benzene ring substituents is 1. The summed E-state index contributed by atoms with van der Waals surface area (Å²) in [4.78, 5) is 22.0. The number of nitrogens with zero attached hydrogens (tertiary/aromatic N) is 3. The van der Waals surface area contributed by atoms with Gasteiger partial charge in [-0.15, -0.1) is 10.2 Å². The average molecular weight is 349 g/mol. The van der Waals surface area contributed by atoms with Crippen LogP contribution in [0.2, 0.25) is 0 Å². The molecular formula is C15H19N5O3S. The highest BCUT2D eigenvalue weighted by Gasteiger charge is 2.09. The summed E-state index contributed by atoms with van der Waals surface area (Å²) in [5.41, 5.74) is 0.431. The Kier molecular flexibility index (Phi) is 6.62. The number of urea groups is 1. The summed E-state index contributed by atoms with van der Waals surface area (Å²) >= 11 is 1.35. The third-order valence-electron chi connectivity index (χ3n) is 3.27. The van der Waals surface area contributed by atoms with Gasteiger partial charge in [0.05, 0.1) is 4.92 Å². The molecule has 0 aliphatic carbocycles. The molecule has 2 rings (SSSR count). The Labute approximate surface area is 143 Å². The van der Waals surface area contributed by atoms with Crippen LogP contribution in [-0.2, 0) is 6.42 Å². The fourth-order valence-corrected chi connectivity index (χ4v) is 2.81. The Balaban J connectivity index is 1.81. The summed E-state index contributed by atoms with van der Waals surface area (Å²) in [5, 5.41) is 25.1. The minimum Gasteiger partial charge on any atom is -0.308 e. The van der Waals surface area contributed by atoms with Crippen molar-refractivity contribution in [1.29, 1.82) is 0 Å². The molecule has 0 bridgehead atoms. The number of anilines is 2. The van der Waals surface area contributed by atoms with Gasteiger partial charge < -0.3 is 5.32 Å². The van der Waals surface area contributed by atoms with Crippen molar-refractivity contribution in [1.82, 2.24) is 10.2 Å². The topological polar surface area (TPSA) is 110 Å². The Bertz CT molecular complexity index is 687. The van der Waals surface area contributed by atoms with Crippen LogP contribution < -0.4 is 10.6 Å². The number of unbranched alkanes of at least 4 members (excludes halogenated alkanes) is 3. The molecule has 0 fully saturated rings. The highest BCUT2D eigenvalue weighted by atomic mass is 32.1. The fraction of sp³-hybridized carbons (Fsp3) is 0.400. The first-order valence-electron chi connectivity index (χ1n) is 7.73. The van der Waals surface area contributed by atoms with Crippen LogP contribution in [0.3, 0.4) is 0 Å². The third-order valence-corrected chi connectivity index (χ3v) is 4.17. The number of benzene rings is 1. The number of carbonyl (C=O) groups is 1. The van der Waals surface area contributed by atoms with Gasteiger partial charge in [0, 0.05) is 24.2 Å². The molecular weight excluding hydrogens is 330 g/mol. The van der Waals surface area contributed by atoms with E-state index in [1.165, 1.54) is 54.9 Å². The van der Waals surface area contributed by atoms with E-state index >= 15 is 0 Å². The van der Waals surface area contributed by atoms with Crippen LogP contribution in [0.15, 0.2) is 24.3 Å². The third kappa shape index (κ3) is 5.58. The lowest BCUT2D eigenvalue weighted by Gasteiger charge is -2.04. The summed E-state index contributed by atoms with van der Waals surface area (Å²) in [6.07, 6.45) is 5.49. The van der Waals surface area contributed by atoms with E-state index in [9.17, 15) is 14.9 Å². The van der Waals surface area contributed by atoms with Gasteiger partial charge in [-0.25, -0.2) is 4.79 Å². The molecule has 0 atom stereocenters. The molecule has 0 spiro atoms. The van der Waals surface area contributed by atoms with E-state index < -0.39 is 11.0 Å². The highest BCUT2D eigenvalue weighted by molar-refractivity contribution is 7.15. The van der Waals surface area contributed by atoms with E-state index in [0.717, 1.165) is 17.8 Å². The molecule has 0 aliphatic heterocycles. The van der Waals surface area contributed by atoms with E-state index in [-0.39, 0.29) is 5.69 Å². The van der Waals surface area contributed by atoms with Crippen LogP contribution in [0.25, 0.3) is 0 Å². The Hall–Kier alpha value is -2.55. The molecule has 1 aromatic carbocycles. The van der Waals surface area contributed by atoms with Crippen LogP contribution in [-0.4, -0.2) is 21.2 Å². The first-order chi connectivity index (χ1) is 11.6. The number of hydrogen-bond acceptors (Lipinski definition) is 6. The van der Waals surface area contributed by atoms with E-state index in [0.29, 0.717) is 10.8 Å². The molecule has 0 saturated carbocycles. The Morgan fingerprint density at radius 3 is 2.58 bits per heavy atom. The standard InChI is InChI=1S/C15H19N5O3S/c1-2-3-4-5-6-13-18-19-15(24-13)17-14(21)16-11-7-9-12(10-8-11)20(22)23/h7-10H,2-6H2,1H3,(H2,16,17,19,21). The maximum atomic E-state index is 11.9. The van der Waals surface area contributed by atoms with Gasteiger partial charge in [-0.05, 0) is 18.6 Å². The first-order valence-corrected chi connectivity index (χ1v) is 8.55. The summed E-state index contributed by atoms with van der Waals surface area (Å²) in [5.74, 6) is 0. The highest BCUT2D eigenvalue weighted by Crippen LogP contribution is 2.19. The smallest absolute Gasteiger partial charge is 0.308 e. The number of hydrogen-bond donors (Lipinski definition) is 2. The van der Waals surface area contributed by atoms with Crippen molar-refractivity contribution in [3.63, 3.8) is 0 Å². The molecule has 0 saturated heterocycles. The first kappa shape index (κ1) is 17.8. The zero-order valence-electron chi connectivity index (χ0n) is 13.3. The molecule has 2 aromatic rings. The van der Waals surface area contributed by atoms with Crippen molar-refractivity contribution in [2.45, 2.75) is 39.0 Å². The minimum atomic E-state index is -0.493. The van der Waals surface area contributed by atoms with E-state index in [2.05, 4.69) is 27.8 Å². The summed E-state index contributed by atoms with van der Waals surface area (Å²) < 4.78 is 0. The number of rotatable bonds is 8. The minimum absolute atomic E-state index is 0.0298. The van der Waals surface area contributed by atoms with Gasteiger partial charge in [-0.2, -0.15) is 0 Å². The molecule has 24 heavy (non-hydrogen) atoms. The number of nitrogens with one attached hydrogen (secondary N) is 2. The van der Waals surface area contributed by atoms with Crippen molar-refractivity contribution >= 4 is 33.9 Å². The molecule has 128 valence electrons. The molecule has 0 radical (unpaired) electrons. The van der Waals surface area contributed by atoms with Crippen LogP contribution >= 0.6 is 11.3 Å². The van der Waals surface area contributed by atoms with Crippen LogP contribution in [0, 0.1) is 10.1 Å². The summed E-state index contributed by atoms with van der Waals surface area (Å²) in [6.45, 7) is 2.16. The molecule has 9 heteroatoms. The predicted octanol–water partition coefficient (Wildman–Crippen LogP) is 4.21. The SMILES string of the molecule is CCCCCCc1nnc(NC(=O)Nc2ccc([N+](=O)[O-])cc2)s1. The lowest BCUT2D eigenvalue weighted by Crippen LogP contribution is -2.19. The maximum Gasteiger partial charge on any atom is 0.325 e. The number of aromatic nitrogens is 2. The van der Waals surface area contributed by atoms with Gasteiger partial charge >= 0.3 is 6.03 Å². The zero-order valence-corrected chi connectivity index (χ0v) is 14.1. The van der Waals surface area contributed by atoms with Crippen LogP contribution in [0.1, 0.15) is 37.6 Å². The number of carbonyl (C=O) groups excluding carboxylic acids is 1. The van der Waals surface area contributed by atoms with Gasteiger partial charge in [0.15, 0.2) is 0 Å². The van der Waals surface area contributed by atoms with Crippen LogP contribution in [0.5, 0.6) is 0 Å². The molecule has 1 heterocycles. The molecule has 1 aromatic heterocycles. The molecule has 2 N–H and O–H groups in total. The van der Waals surface area contributed by atoms with Crippen LogP contribution in [0.4, 0.5) is 21.3 Å². The van der Waals surface area contributed by atoms with Crippen molar-refractivity contribution in [3.05, 3.63) is 39.4 Å². The second-order valence-corrected chi connectivity index (χ2v) is 6.26. The van der Waals surface area contributed by atoms with E-state index in [1.54, 1.807) is 0 Å². The van der Waals surface area contributed by atoms with Gasteiger partial charge in [-0.3, -0.25) is 15.4 Å². The zero-order chi connectivity index (χ0) is 17.4. The number of nitro groups is 1.